The molecule has 2 atom stereocenters. The molecule has 0 spiro atoms. The minimum absolute atomic E-state index is 0.0134. The van der Waals surface area contributed by atoms with Gasteiger partial charge in [-0.2, -0.15) is 0 Å². The second-order valence-electron chi connectivity index (χ2n) is 8.53. The molecule has 1 aromatic heterocycles. The van der Waals surface area contributed by atoms with Crippen molar-refractivity contribution in [3.05, 3.63) is 78.0 Å². The number of halogens is 1. The summed E-state index contributed by atoms with van der Waals surface area (Å²) in [4.78, 5) is 31.1. The summed E-state index contributed by atoms with van der Waals surface area (Å²) in [5, 5.41) is 3.32. The number of carbonyl (C=O) groups excluding carboxylic acids is 2. The number of rotatable bonds is 6. The third kappa shape index (κ3) is 5.54. The number of ether oxygens (including phenoxy) is 1. The molecular weight excluding hydrogens is 421 g/mol. The Morgan fingerprint density at radius 2 is 1.97 bits per heavy atom. The lowest BCUT2D eigenvalue weighted by Gasteiger charge is -2.32. The summed E-state index contributed by atoms with van der Waals surface area (Å²) >= 11 is 0. The highest BCUT2D eigenvalue weighted by molar-refractivity contribution is 5.90. The molecule has 1 saturated heterocycles. The van der Waals surface area contributed by atoms with Crippen LogP contribution in [0.1, 0.15) is 18.1 Å². The number of aromatic nitrogens is 1. The van der Waals surface area contributed by atoms with E-state index in [2.05, 4.69) is 10.3 Å². The van der Waals surface area contributed by atoms with Crippen molar-refractivity contribution in [3.63, 3.8) is 0 Å². The van der Waals surface area contributed by atoms with Gasteiger partial charge in [-0.25, -0.2) is 4.39 Å². The number of nitrogens with one attached hydrogen (secondary N) is 1. The fourth-order valence-electron chi connectivity index (χ4n) is 4.42. The highest BCUT2D eigenvalue weighted by Gasteiger charge is 2.43. The van der Waals surface area contributed by atoms with Crippen LogP contribution in [0.2, 0.25) is 0 Å². The normalized spacial score (nSPS) is 18.4. The van der Waals surface area contributed by atoms with Crippen LogP contribution in [0.15, 0.2) is 66.9 Å². The molecule has 4 rings (SSSR count). The van der Waals surface area contributed by atoms with Crippen molar-refractivity contribution >= 4 is 22.7 Å². The molecule has 0 unspecified atom stereocenters. The highest BCUT2D eigenvalue weighted by Crippen LogP contribution is 2.24. The van der Waals surface area contributed by atoms with E-state index in [-0.39, 0.29) is 18.9 Å². The number of fused-ring (bicyclic) bond motifs is 1. The Kier molecular flexibility index (Phi) is 6.99. The summed E-state index contributed by atoms with van der Waals surface area (Å²) in [7, 11) is 0. The largest absolute Gasteiger partial charge is 0.379 e. The highest BCUT2D eigenvalue weighted by atomic mass is 19.1. The summed E-state index contributed by atoms with van der Waals surface area (Å²) in [6, 6.07) is 18.8. The number of nitrogens with zero attached hydrogens (tertiary/aromatic N) is 2. The van der Waals surface area contributed by atoms with E-state index < -0.39 is 17.6 Å². The van der Waals surface area contributed by atoms with Crippen molar-refractivity contribution < 1.29 is 18.7 Å². The zero-order valence-electron chi connectivity index (χ0n) is 18.7. The predicted octanol–water partition coefficient (Wildman–Crippen LogP) is 3.30. The van der Waals surface area contributed by atoms with E-state index in [4.69, 9.17) is 4.74 Å². The number of pyridine rings is 1. The van der Waals surface area contributed by atoms with Gasteiger partial charge >= 0.3 is 0 Å². The smallest absolute Gasteiger partial charge is 0.281 e. The molecule has 1 N–H and O–H groups in total. The summed E-state index contributed by atoms with van der Waals surface area (Å²) in [5.41, 5.74) is 2.66. The van der Waals surface area contributed by atoms with Gasteiger partial charge in [-0.15, -0.1) is 0 Å². The summed E-state index contributed by atoms with van der Waals surface area (Å²) in [6.07, 6.45) is 2.20. The van der Waals surface area contributed by atoms with E-state index >= 15 is 4.39 Å². The lowest BCUT2D eigenvalue weighted by atomic mass is 9.95. The lowest BCUT2D eigenvalue weighted by molar-refractivity contribution is -0.150. The molecule has 7 heteroatoms. The molecule has 1 aliphatic heterocycles. The Labute approximate surface area is 192 Å². The SMILES string of the molecule is CC(=O)N[C@@](F)(Cc1ccccc1)C(=O)N1CCOC[C@@H](Cc2cccc3ncccc23)C1. The van der Waals surface area contributed by atoms with Crippen LogP contribution < -0.4 is 5.32 Å². The maximum absolute atomic E-state index is 16.0. The fraction of sp³-hybridized carbons (Fsp3) is 0.346. The summed E-state index contributed by atoms with van der Waals surface area (Å²) < 4.78 is 21.8. The second kappa shape index (κ2) is 10.1. The molecule has 6 nitrogen and oxygen atoms in total. The van der Waals surface area contributed by atoms with Gasteiger partial charge in [0.2, 0.25) is 5.91 Å². The van der Waals surface area contributed by atoms with Gasteiger partial charge in [0, 0.05) is 43.9 Å². The van der Waals surface area contributed by atoms with Crippen LogP contribution in [-0.2, 0) is 27.2 Å². The Bertz CT molecular complexity index is 1120. The van der Waals surface area contributed by atoms with Crippen molar-refractivity contribution in [2.24, 2.45) is 5.92 Å². The first-order chi connectivity index (χ1) is 15.9. The molecule has 0 bridgehead atoms. The van der Waals surface area contributed by atoms with Crippen LogP contribution in [0.25, 0.3) is 10.9 Å². The molecule has 2 amide bonds. The molecule has 1 fully saturated rings. The quantitative estimate of drug-likeness (QED) is 0.587. The number of alkyl halides is 1. The van der Waals surface area contributed by atoms with Gasteiger partial charge in [0.15, 0.2) is 0 Å². The van der Waals surface area contributed by atoms with E-state index in [0.29, 0.717) is 31.7 Å². The third-order valence-electron chi connectivity index (χ3n) is 5.87. The molecule has 0 aliphatic carbocycles. The summed E-state index contributed by atoms with van der Waals surface area (Å²) in [6.45, 7) is 2.62. The van der Waals surface area contributed by atoms with Crippen LogP contribution in [-0.4, -0.2) is 53.8 Å². The molecule has 33 heavy (non-hydrogen) atoms. The first-order valence-corrected chi connectivity index (χ1v) is 11.2. The van der Waals surface area contributed by atoms with Crippen molar-refractivity contribution in [1.82, 2.24) is 15.2 Å². The Morgan fingerprint density at radius 3 is 2.76 bits per heavy atom. The van der Waals surface area contributed by atoms with Gasteiger partial charge in [-0.3, -0.25) is 14.6 Å². The monoisotopic (exact) mass is 449 g/mol. The van der Waals surface area contributed by atoms with E-state index in [1.807, 2.05) is 36.4 Å². The van der Waals surface area contributed by atoms with Gasteiger partial charge < -0.3 is 15.0 Å². The van der Waals surface area contributed by atoms with Crippen LogP contribution in [0.4, 0.5) is 4.39 Å². The van der Waals surface area contributed by atoms with Crippen LogP contribution in [0.5, 0.6) is 0 Å². The molecule has 2 aromatic carbocycles. The fourth-order valence-corrected chi connectivity index (χ4v) is 4.42. The zero-order valence-corrected chi connectivity index (χ0v) is 18.7. The average molecular weight is 450 g/mol. The van der Waals surface area contributed by atoms with Gasteiger partial charge in [-0.1, -0.05) is 48.5 Å². The molecule has 0 radical (unpaired) electrons. The predicted molar refractivity (Wildman–Crippen MR) is 124 cm³/mol. The standard InChI is InChI=1S/C26H28FN3O3/c1-19(31)29-26(27,16-20-7-3-2-4-8-20)25(32)30-13-14-33-18-21(17-30)15-22-9-5-11-24-23(22)10-6-12-28-24/h2-12,21H,13-18H2,1H3,(H,29,31)/t21-,26-/m0/s1. The van der Waals surface area contributed by atoms with Crippen LogP contribution >= 0.6 is 0 Å². The zero-order chi connectivity index (χ0) is 23.3. The van der Waals surface area contributed by atoms with Gasteiger partial charge in [0.05, 0.1) is 18.7 Å². The van der Waals surface area contributed by atoms with E-state index in [9.17, 15) is 9.59 Å². The maximum Gasteiger partial charge on any atom is 0.281 e. The van der Waals surface area contributed by atoms with Crippen LogP contribution in [0, 0.1) is 5.92 Å². The number of amides is 2. The van der Waals surface area contributed by atoms with Crippen molar-refractivity contribution in [3.8, 4) is 0 Å². The topological polar surface area (TPSA) is 71.5 Å². The molecule has 172 valence electrons. The number of hydrogen-bond acceptors (Lipinski definition) is 4. The van der Waals surface area contributed by atoms with Crippen molar-refractivity contribution in [1.29, 1.82) is 0 Å². The summed E-state index contributed by atoms with van der Waals surface area (Å²) in [5.74, 6) is -3.87. The molecule has 1 aliphatic rings. The Hall–Kier alpha value is -3.32. The van der Waals surface area contributed by atoms with Gasteiger partial charge in [-0.05, 0) is 29.7 Å². The minimum Gasteiger partial charge on any atom is -0.379 e. The Balaban J connectivity index is 1.54. The number of carbonyl (C=O) groups is 2. The van der Waals surface area contributed by atoms with E-state index in [1.54, 1.807) is 30.5 Å². The first kappa shape index (κ1) is 22.9. The molecular formula is C26H28FN3O3. The molecule has 3 aromatic rings. The molecule has 0 saturated carbocycles. The van der Waals surface area contributed by atoms with E-state index in [1.165, 1.54) is 11.8 Å². The molecule has 2 heterocycles. The lowest BCUT2D eigenvalue weighted by Crippen LogP contribution is -2.58. The second-order valence-corrected chi connectivity index (χ2v) is 8.53. The van der Waals surface area contributed by atoms with Gasteiger partial charge in [0.1, 0.15) is 0 Å². The van der Waals surface area contributed by atoms with Crippen LogP contribution in [0.3, 0.4) is 0 Å². The first-order valence-electron chi connectivity index (χ1n) is 11.2. The van der Waals surface area contributed by atoms with E-state index in [0.717, 1.165) is 16.5 Å². The Morgan fingerprint density at radius 1 is 1.15 bits per heavy atom. The van der Waals surface area contributed by atoms with Gasteiger partial charge in [0.25, 0.3) is 11.7 Å². The van der Waals surface area contributed by atoms with Crippen molar-refractivity contribution in [2.75, 3.05) is 26.3 Å². The minimum atomic E-state index is -2.52. The average Bonchev–Trinajstić information content (AvgIpc) is 3.04. The number of benzene rings is 2. The maximum atomic E-state index is 16.0. The van der Waals surface area contributed by atoms with Crippen molar-refractivity contribution in [2.45, 2.75) is 25.6 Å². The number of hydrogen-bond donors (Lipinski definition) is 1. The third-order valence-corrected chi connectivity index (χ3v) is 5.87.